The molecule has 2 heterocycles. The molecule has 2 aromatic heterocycles. The Bertz CT molecular complexity index is 905. The Balaban J connectivity index is 1.40. The second-order valence-electron chi connectivity index (χ2n) is 6.24. The molecule has 2 atom stereocenters. The smallest absolute Gasteiger partial charge is 0.224 e. The summed E-state index contributed by atoms with van der Waals surface area (Å²) >= 11 is 0. The molecule has 7 heteroatoms. The predicted octanol–water partition coefficient (Wildman–Crippen LogP) is 2.32. The molecule has 2 unspecified atom stereocenters. The summed E-state index contributed by atoms with van der Waals surface area (Å²) in [4.78, 5) is 12.6. The Kier molecular flexibility index (Phi) is 4.07. The molecule has 1 aliphatic rings. The van der Waals surface area contributed by atoms with Crippen molar-refractivity contribution in [2.45, 2.75) is 19.1 Å². The molecule has 0 radical (unpaired) electrons. The van der Waals surface area contributed by atoms with Gasteiger partial charge < -0.3 is 20.8 Å². The van der Waals surface area contributed by atoms with Gasteiger partial charge in [-0.15, -0.1) is 0 Å². The zero-order valence-electron chi connectivity index (χ0n) is 13.7. The van der Waals surface area contributed by atoms with Crippen LogP contribution in [0.2, 0.25) is 0 Å². The fourth-order valence-corrected chi connectivity index (χ4v) is 3.18. The Hall–Kier alpha value is -2.93. The van der Waals surface area contributed by atoms with E-state index in [1.165, 1.54) is 5.56 Å². The Morgan fingerprint density at radius 1 is 1.12 bits per heavy atom. The number of allylic oxidation sites excluding steroid dienone is 1. The molecule has 128 valence electrons. The van der Waals surface area contributed by atoms with Crippen molar-refractivity contribution in [3.63, 3.8) is 0 Å². The van der Waals surface area contributed by atoms with Gasteiger partial charge in [-0.2, -0.15) is 9.97 Å². The van der Waals surface area contributed by atoms with Crippen molar-refractivity contribution in [2.24, 2.45) is 5.92 Å². The molecule has 0 amide bonds. The minimum atomic E-state index is 0.163. The summed E-state index contributed by atoms with van der Waals surface area (Å²) in [5, 5.41) is 0. The predicted molar refractivity (Wildman–Crippen MR) is 96.5 cm³/mol. The minimum Gasteiger partial charge on any atom is -0.382 e. The summed E-state index contributed by atoms with van der Waals surface area (Å²) in [6.07, 6.45) is 7.03. The van der Waals surface area contributed by atoms with Crippen LogP contribution in [0, 0.1) is 5.92 Å². The number of ether oxygens (including phenoxy) is 1. The molecule has 1 aromatic carbocycles. The van der Waals surface area contributed by atoms with Gasteiger partial charge in [-0.3, -0.25) is 0 Å². The minimum absolute atomic E-state index is 0.163. The summed E-state index contributed by atoms with van der Waals surface area (Å²) in [5.41, 5.74) is 14.0. The molecule has 0 saturated heterocycles. The number of fused-ring (bicyclic) bond motifs is 1. The van der Waals surface area contributed by atoms with Crippen molar-refractivity contribution >= 4 is 22.9 Å². The third-order valence-corrected chi connectivity index (χ3v) is 4.42. The van der Waals surface area contributed by atoms with Crippen LogP contribution in [0.25, 0.3) is 11.2 Å². The van der Waals surface area contributed by atoms with Gasteiger partial charge in [0.15, 0.2) is 11.5 Å². The maximum absolute atomic E-state index is 5.87. The van der Waals surface area contributed by atoms with E-state index in [4.69, 9.17) is 16.2 Å². The molecule has 0 bridgehead atoms. The standard InChI is InChI=1S/C18H20N6O/c19-16-15-17(23-18(20)22-16)24(11-21-15)14-7-6-13(8-14)10-25-9-12-4-2-1-3-5-12/h1-7,11,13-14H,8-10H2,(H4,19,20,22,23). The number of aromatic nitrogens is 4. The fourth-order valence-electron chi connectivity index (χ4n) is 3.18. The molecule has 7 nitrogen and oxygen atoms in total. The van der Waals surface area contributed by atoms with E-state index < -0.39 is 0 Å². The highest BCUT2D eigenvalue weighted by atomic mass is 16.5. The maximum Gasteiger partial charge on any atom is 0.224 e. The summed E-state index contributed by atoms with van der Waals surface area (Å²) in [6, 6.07) is 10.4. The quantitative estimate of drug-likeness (QED) is 0.693. The molecule has 3 aromatic rings. The largest absolute Gasteiger partial charge is 0.382 e. The molecular weight excluding hydrogens is 316 g/mol. The highest BCUT2D eigenvalue weighted by molar-refractivity contribution is 5.82. The lowest BCUT2D eigenvalue weighted by Gasteiger charge is -2.14. The number of nitrogen functional groups attached to an aromatic ring is 2. The van der Waals surface area contributed by atoms with Crippen LogP contribution in [-0.4, -0.2) is 26.1 Å². The van der Waals surface area contributed by atoms with E-state index in [9.17, 15) is 0 Å². The van der Waals surface area contributed by atoms with Crippen molar-refractivity contribution in [3.05, 3.63) is 54.4 Å². The average Bonchev–Trinajstić information content (AvgIpc) is 3.22. The third-order valence-electron chi connectivity index (χ3n) is 4.42. The molecule has 0 saturated carbocycles. The Morgan fingerprint density at radius 3 is 2.80 bits per heavy atom. The van der Waals surface area contributed by atoms with Crippen LogP contribution >= 0.6 is 0 Å². The first-order valence-electron chi connectivity index (χ1n) is 8.26. The maximum atomic E-state index is 5.87. The number of hydrogen-bond donors (Lipinski definition) is 2. The van der Waals surface area contributed by atoms with Gasteiger partial charge in [0.25, 0.3) is 0 Å². The summed E-state index contributed by atoms with van der Waals surface area (Å²) < 4.78 is 7.85. The molecule has 0 fully saturated rings. The number of rotatable bonds is 5. The number of benzene rings is 1. The van der Waals surface area contributed by atoms with Gasteiger partial charge in [0, 0.05) is 5.92 Å². The van der Waals surface area contributed by atoms with Gasteiger partial charge in [0.2, 0.25) is 5.95 Å². The lowest BCUT2D eigenvalue weighted by molar-refractivity contribution is 0.0974. The van der Waals surface area contributed by atoms with Crippen molar-refractivity contribution in [3.8, 4) is 0 Å². The van der Waals surface area contributed by atoms with Crippen molar-refractivity contribution in [1.29, 1.82) is 0 Å². The molecule has 25 heavy (non-hydrogen) atoms. The lowest BCUT2D eigenvalue weighted by Crippen LogP contribution is -2.10. The van der Waals surface area contributed by atoms with Gasteiger partial charge in [0.1, 0.15) is 5.52 Å². The first kappa shape index (κ1) is 15.6. The lowest BCUT2D eigenvalue weighted by atomic mass is 10.1. The normalized spacial score (nSPS) is 19.7. The zero-order valence-corrected chi connectivity index (χ0v) is 13.7. The van der Waals surface area contributed by atoms with E-state index in [0.29, 0.717) is 36.1 Å². The van der Waals surface area contributed by atoms with E-state index in [1.807, 2.05) is 22.8 Å². The molecule has 4 N–H and O–H groups in total. The fraction of sp³-hybridized carbons (Fsp3) is 0.278. The van der Waals surface area contributed by atoms with E-state index in [1.54, 1.807) is 6.33 Å². The van der Waals surface area contributed by atoms with Gasteiger partial charge in [-0.25, -0.2) is 4.98 Å². The van der Waals surface area contributed by atoms with Crippen LogP contribution in [0.5, 0.6) is 0 Å². The van der Waals surface area contributed by atoms with Crippen LogP contribution in [0.4, 0.5) is 11.8 Å². The molecule has 1 aliphatic carbocycles. The second kappa shape index (κ2) is 6.52. The highest BCUT2D eigenvalue weighted by Gasteiger charge is 2.23. The van der Waals surface area contributed by atoms with Crippen molar-refractivity contribution < 1.29 is 4.74 Å². The van der Waals surface area contributed by atoms with Crippen LogP contribution in [0.3, 0.4) is 0 Å². The van der Waals surface area contributed by atoms with Crippen molar-refractivity contribution in [1.82, 2.24) is 19.5 Å². The van der Waals surface area contributed by atoms with Gasteiger partial charge >= 0.3 is 0 Å². The number of nitrogens with zero attached hydrogens (tertiary/aromatic N) is 4. The molecule has 4 rings (SSSR count). The van der Waals surface area contributed by atoms with E-state index in [-0.39, 0.29) is 12.0 Å². The number of imidazole rings is 1. The van der Waals surface area contributed by atoms with Gasteiger partial charge in [-0.05, 0) is 12.0 Å². The third kappa shape index (κ3) is 3.18. The summed E-state index contributed by atoms with van der Waals surface area (Å²) in [6.45, 7) is 1.32. The SMILES string of the molecule is Nc1nc(N)c2ncn(C3C=CC(COCc4ccccc4)C3)c2n1. The second-order valence-corrected chi connectivity index (χ2v) is 6.24. The van der Waals surface area contributed by atoms with Gasteiger partial charge in [-0.1, -0.05) is 42.5 Å². The first-order valence-corrected chi connectivity index (χ1v) is 8.26. The topological polar surface area (TPSA) is 105 Å². The van der Waals surface area contributed by atoms with E-state index in [0.717, 1.165) is 6.42 Å². The van der Waals surface area contributed by atoms with Crippen LogP contribution in [-0.2, 0) is 11.3 Å². The number of anilines is 2. The monoisotopic (exact) mass is 336 g/mol. The highest BCUT2D eigenvalue weighted by Crippen LogP contribution is 2.31. The average molecular weight is 336 g/mol. The van der Waals surface area contributed by atoms with Gasteiger partial charge in [0.05, 0.1) is 25.6 Å². The Morgan fingerprint density at radius 2 is 1.96 bits per heavy atom. The number of nitrogens with two attached hydrogens (primary N) is 2. The molecule has 0 aliphatic heterocycles. The van der Waals surface area contributed by atoms with Crippen molar-refractivity contribution in [2.75, 3.05) is 18.1 Å². The molecular formula is C18H20N6O. The van der Waals surface area contributed by atoms with E-state index >= 15 is 0 Å². The summed E-state index contributed by atoms with van der Waals surface area (Å²) in [7, 11) is 0. The Labute approximate surface area is 145 Å². The summed E-state index contributed by atoms with van der Waals surface area (Å²) in [5.74, 6) is 0.838. The van der Waals surface area contributed by atoms with Crippen LogP contribution < -0.4 is 11.5 Å². The van der Waals surface area contributed by atoms with Crippen LogP contribution in [0.15, 0.2) is 48.8 Å². The molecule has 0 spiro atoms. The van der Waals surface area contributed by atoms with E-state index in [2.05, 4.69) is 39.2 Å². The number of hydrogen-bond acceptors (Lipinski definition) is 6. The zero-order chi connectivity index (χ0) is 17.2. The first-order chi connectivity index (χ1) is 12.2. The van der Waals surface area contributed by atoms with Crippen LogP contribution in [0.1, 0.15) is 18.0 Å².